The van der Waals surface area contributed by atoms with Gasteiger partial charge in [-0.3, -0.25) is 0 Å². The maximum atomic E-state index is 7.05. The SMILES string of the molecule is Cc1ccccc1N(C1=CCC2C(=C1)C=Cc1sc3ccc4cc(N(c5ccccc5C)c5cccc6c5oc5c(-c7ccccc7)cccc56)ccc4c3c12)c1cccc2c1oc1c(-c3ccccc3)cccc12. The molecule has 15 rings (SSSR count). The van der Waals surface area contributed by atoms with Crippen LogP contribution in [0.15, 0.2) is 251 Å². The highest BCUT2D eigenvalue weighted by Gasteiger charge is 2.32. The van der Waals surface area contributed by atoms with E-state index in [1.54, 1.807) is 0 Å². The van der Waals surface area contributed by atoms with Crippen molar-refractivity contribution in [2.75, 3.05) is 9.80 Å². The summed E-state index contributed by atoms with van der Waals surface area (Å²) in [5.41, 5.74) is 19.6. The Morgan fingerprint density at radius 2 is 0.987 bits per heavy atom. The molecule has 0 bridgehead atoms. The molecule has 5 heteroatoms. The Hall–Kier alpha value is -9.16. The van der Waals surface area contributed by atoms with E-state index in [4.69, 9.17) is 8.83 Å². The second-order valence-corrected chi connectivity index (χ2v) is 21.1. The first kappa shape index (κ1) is 43.4. The molecule has 1 atom stereocenters. The monoisotopic (exact) mass is 980 g/mol. The molecule has 356 valence electrons. The summed E-state index contributed by atoms with van der Waals surface area (Å²) >= 11 is 1.90. The van der Waals surface area contributed by atoms with Crippen LogP contribution in [0, 0.1) is 13.8 Å². The van der Waals surface area contributed by atoms with Gasteiger partial charge in [0.05, 0.1) is 11.4 Å². The number of fused-ring (bicyclic) bond motifs is 13. The van der Waals surface area contributed by atoms with E-state index >= 15 is 0 Å². The van der Waals surface area contributed by atoms with Gasteiger partial charge in [0.1, 0.15) is 11.2 Å². The van der Waals surface area contributed by atoms with Crippen molar-refractivity contribution in [3.63, 3.8) is 0 Å². The molecule has 13 aromatic rings. The molecule has 3 heterocycles. The van der Waals surface area contributed by atoms with Gasteiger partial charge in [-0.1, -0.05) is 182 Å². The summed E-state index contributed by atoms with van der Waals surface area (Å²) in [5, 5.41) is 8.25. The zero-order chi connectivity index (χ0) is 49.7. The summed E-state index contributed by atoms with van der Waals surface area (Å²) in [6.45, 7) is 4.40. The topological polar surface area (TPSA) is 32.8 Å². The lowest BCUT2D eigenvalue weighted by Gasteiger charge is -2.33. The smallest absolute Gasteiger partial charge is 0.159 e. The van der Waals surface area contributed by atoms with Crippen molar-refractivity contribution in [1.29, 1.82) is 0 Å². The van der Waals surface area contributed by atoms with E-state index in [0.29, 0.717) is 0 Å². The van der Waals surface area contributed by atoms with Crippen molar-refractivity contribution in [3.05, 3.63) is 263 Å². The molecule has 0 saturated heterocycles. The largest absolute Gasteiger partial charge is 0.453 e. The Morgan fingerprint density at radius 1 is 0.453 bits per heavy atom. The predicted octanol–water partition coefficient (Wildman–Crippen LogP) is 20.4. The molecular weight excluding hydrogens is 933 g/mol. The summed E-state index contributed by atoms with van der Waals surface area (Å²) in [6, 6.07) is 76.3. The van der Waals surface area contributed by atoms with Crippen molar-refractivity contribution in [2.45, 2.75) is 26.2 Å². The number of allylic oxidation sites excluding steroid dienone is 4. The number of furan rings is 2. The van der Waals surface area contributed by atoms with E-state index < -0.39 is 0 Å². The van der Waals surface area contributed by atoms with Gasteiger partial charge in [0.15, 0.2) is 11.2 Å². The van der Waals surface area contributed by atoms with Crippen LogP contribution in [-0.4, -0.2) is 0 Å². The van der Waals surface area contributed by atoms with Gasteiger partial charge in [0, 0.05) is 76.3 Å². The number of hydrogen-bond acceptors (Lipinski definition) is 5. The molecule has 4 nitrogen and oxygen atoms in total. The lowest BCUT2D eigenvalue weighted by Crippen LogP contribution is -2.20. The summed E-state index contributed by atoms with van der Waals surface area (Å²) in [4.78, 5) is 6.15. The summed E-state index contributed by atoms with van der Waals surface area (Å²) in [5.74, 6) is 0.205. The third-order valence-corrected chi connectivity index (χ3v) is 16.8. The van der Waals surface area contributed by atoms with Crippen LogP contribution in [0.2, 0.25) is 0 Å². The van der Waals surface area contributed by atoms with E-state index in [9.17, 15) is 0 Å². The second-order valence-electron chi connectivity index (χ2n) is 20.0. The van der Waals surface area contributed by atoms with Gasteiger partial charge in [-0.05, 0) is 119 Å². The fourth-order valence-corrected chi connectivity index (χ4v) is 13.3. The van der Waals surface area contributed by atoms with Crippen LogP contribution in [0.4, 0.5) is 28.4 Å². The van der Waals surface area contributed by atoms with E-state index in [1.807, 2.05) is 11.3 Å². The molecule has 0 amide bonds. The number of thiophene rings is 1. The Kier molecular flexibility index (Phi) is 9.98. The molecule has 0 spiro atoms. The molecular formula is C70H48N2O2S. The Labute approximate surface area is 438 Å². The summed E-state index contributed by atoms with van der Waals surface area (Å²) < 4.78 is 15.4. The third-order valence-electron chi connectivity index (χ3n) is 15.7. The second kappa shape index (κ2) is 17.2. The molecule has 0 radical (unpaired) electrons. The molecule has 0 N–H and O–H groups in total. The number of benzene rings is 10. The van der Waals surface area contributed by atoms with Crippen molar-refractivity contribution < 1.29 is 8.83 Å². The van der Waals surface area contributed by atoms with Crippen LogP contribution >= 0.6 is 11.3 Å². The molecule has 75 heavy (non-hydrogen) atoms. The fourth-order valence-electron chi connectivity index (χ4n) is 12.1. The van der Waals surface area contributed by atoms with E-state index in [2.05, 4.69) is 260 Å². The van der Waals surface area contributed by atoms with Gasteiger partial charge in [0.25, 0.3) is 0 Å². The average molecular weight is 981 g/mol. The van der Waals surface area contributed by atoms with Crippen LogP contribution in [0.5, 0.6) is 0 Å². The molecule has 10 aromatic carbocycles. The standard InChI is InChI=1S/C70H48N2O2S/c1-43-17-9-11-29-59(43)71(61-31-15-27-57-55-25-13-23-53(67(55)73-69(57)61)45-19-5-3-6-20-45)49-35-37-51-47(41-49)33-39-63-65(51)66-52-38-36-50(42-48(52)34-40-64(66)75-63)72(60-30-12-10-18-44(60)2)62-32-16-28-58-56-26-14-24-54(68(56)74-70(58)62)46-21-7-4-8-22-46/h3-37,39-42,52H,38H2,1-2H3. The van der Waals surface area contributed by atoms with Crippen LogP contribution in [0.1, 0.15) is 33.9 Å². The summed E-state index contributed by atoms with van der Waals surface area (Å²) in [7, 11) is 0. The number of rotatable bonds is 8. The molecule has 0 saturated carbocycles. The number of para-hydroxylation sites is 6. The lowest BCUT2D eigenvalue weighted by atomic mass is 9.79. The van der Waals surface area contributed by atoms with Gasteiger partial charge in [-0.15, -0.1) is 11.3 Å². The summed E-state index contributed by atoms with van der Waals surface area (Å²) in [6.07, 6.45) is 10.5. The van der Waals surface area contributed by atoms with Crippen molar-refractivity contribution in [1.82, 2.24) is 0 Å². The average Bonchev–Trinajstić information content (AvgIpc) is 4.18. The molecule has 2 aliphatic rings. The molecule has 1 unspecified atom stereocenters. The zero-order valence-electron chi connectivity index (χ0n) is 41.4. The van der Waals surface area contributed by atoms with Crippen molar-refractivity contribution in [2.24, 2.45) is 0 Å². The zero-order valence-corrected chi connectivity index (χ0v) is 42.2. The van der Waals surface area contributed by atoms with Gasteiger partial charge >= 0.3 is 0 Å². The highest BCUT2D eigenvalue weighted by molar-refractivity contribution is 7.20. The Morgan fingerprint density at radius 3 is 1.60 bits per heavy atom. The van der Waals surface area contributed by atoms with Crippen molar-refractivity contribution in [3.8, 4) is 22.3 Å². The van der Waals surface area contributed by atoms with Crippen LogP contribution < -0.4 is 9.80 Å². The van der Waals surface area contributed by atoms with Crippen LogP contribution in [0.3, 0.4) is 0 Å². The maximum Gasteiger partial charge on any atom is 0.159 e. The third kappa shape index (κ3) is 6.89. The van der Waals surface area contributed by atoms with Crippen molar-refractivity contribution >= 4 is 111 Å². The molecule has 2 aliphatic carbocycles. The number of aryl methyl sites for hydroxylation is 2. The van der Waals surface area contributed by atoms with Gasteiger partial charge in [0.2, 0.25) is 0 Å². The van der Waals surface area contributed by atoms with E-state index in [0.717, 1.165) is 107 Å². The predicted molar refractivity (Wildman–Crippen MR) is 316 cm³/mol. The molecule has 0 aliphatic heterocycles. The van der Waals surface area contributed by atoms with Gasteiger partial charge in [-0.2, -0.15) is 0 Å². The highest BCUT2D eigenvalue weighted by atomic mass is 32.1. The first-order valence-corrected chi connectivity index (χ1v) is 26.7. The molecule has 0 fully saturated rings. The normalized spacial score (nSPS) is 14.2. The quantitative estimate of drug-likeness (QED) is 0.152. The highest BCUT2D eigenvalue weighted by Crippen LogP contribution is 2.52. The lowest BCUT2D eigenvalue weighted by molar-refractivity contribution is 0.669. The number of nitrogens with zero attached hydrogens (tertiary/aromatic N) is 2. The Bertz CT molecular complexity index is 4550. The first-order valence-electron chi connectivity index (χ1n) is 25.8. The minimum Gasteiger partial charge on any atom is -0.453 e. The van der Waals surface area contributed by atoms with Gasteiger partial charge in [-0.25, -0.2) is 0 Å². The number of anilines is 5. The Balaban J connectivity index is 0.843. The fraction of sp³-hybridized carbons (Fsp3) is 0.0571. The van der Waals surface area contributed by atoms with E-state index in [1.165, 1.54) is 48.0 Å². The first-order chi connectivity index (χ1) is 37.0. The van der Waals surface area contributed by atoms with E-state index in [-0.39, 0.29) is 5.92 Å². The van der Waals surface area contributed by atoms with Gasteiger partial charge < -0.3 is 18.6 Å². The van der Waals surface area contributed by atoms with Crippen LogP contribution in [0.25, 0.3) is 93.1 Å². The maximum absolute atomic E-state index is 7.05. The molecule has 3 aromatic heterocycles. The van der Waals surface area contributed by atoms with Crippen LogP contribution in [-0.2, 0) is 0 Å². The number of hydrogen-bond donors (Lipinski definition) is 0. The minimum absolute atomic E-state index is 0.205. The minimum atomic E-state index is 0.205.